The van der Waals surface area contributed by atoms with Crippen LogP contribution in [0.25, 0.3) is 16.9 Å². The van der Waals surface area contributed by atoms with Gasteiger partial charge in [0.2, 0.25) is 4.80 Å². The maximum absolute atomic E-state index is 13.3. The largest absolute Gasteiger partial charge is 0.504 e. The molecule has 11 heteroatoms. The topological polar surface area (TPSA) is 87.9 Å². The SMILES string of the molecule is Oc1ccc(-c2csc(=NCCc3ccc(Cl)cc3Cl)n2/N=C/c2cnn(-c3ccc(F)cc3)c2)cc1O. The Hall–Kier alpha value is -3.92. The monoisotopic (exact) mass is 567 g/mol. The van der Waals surface area contributed by atoms with Crippen molar-refractivity contribution in [3.05, 3.63) is 110 Å². The standard InChI is InChI=1S/C27H20Cl2FN5O2S/c28-20-3-1-18(23(29)12-20)9-10-31-27-35(24(16-38-27)19-2-8-25(36)26(37)11-19)33-14-17-13-32-34(15-17)22-6-4-21(30)5-7-22/h1-8,11-16,36-37H,9-10H2/b31-27?,33-14+. The molecule has 0 bridgehead atoms. The molecule has 3 aromatic carbocycles. The summed E-state index contributed by atoms with van der Waals surface area (Å²) in [5.74, 6) is -0.767. The molecule has 2 N–H and O–H groups in total. The molecule has 0 radical (unpaired) electrons. The summed E-state index contributed by atoms with van der Waals surface area (Å²) in [5, 5.41) is 31.8. The van der Waals surface area contributed by atoms with E-state index >= 15 is 0 Å². The third-order valence-electron chi connectivity index (χ3n) is 5.62. The number of aromatic hydroxyl groups is 2. The van der Waals surface area contributed by atoms with Gasteiger partial charge in [-0.2, -0.15) is 10.2 Å². The van der Waals surface area contributed by atoms with Crippen molar-refractivity contribution < 1.29 is 14.6 Å². The first-order valence-electron chi connectivity index (χ1n) is 11.4. The number of aromatic nitrogens is 3. The van der Waals surface area contributed by atoms with Crippen LogP contribution in [0.5, 0.6) is 11.5 Å². The van der Waals surface area contributed by atoms with E-state index in [0.717, 1.165) is 5.56 Å². The molecule has 7 nitrogen and oxygen atoms in total. The van der Waals surface area contributed by atoms with E-state index in [-0.39, 0.29) is 17.3 Å². The fourth-order valence-corrected chi connectivity index (χ4v) is 5.03. The van der Waals surface area contributed by atoms with Crippen molar-refractivity contribution in [3.63, 3.8) is 0 Å². The summed E-state index contributed by atoms with van der Waals surface area (Å²) in [6.07, 6.45) is 5.66. The molecule has 0 atom stereocenters. The Balaban J connectivity index is 1.47. The number of benzene rings is 3. The van der Waals surface area contributed by atoms with Gasteiger partial charge in [0.15, 0.2) is 11.5 Å². The third-order valence-corrected chi connectivity index (χ3v) is 7.06. The highest BCUT2D eigenvalue weighted by molar-refractivity contribution is 7.07. The highest BCUT2D eigenvalue weighted by Crippen LogP contribution is 2.30. The molecule has 5 rings (SSSR count). The van der Waals surface area contributed by atoms with Gasteiger partial charge in [-0.05, 0) is 66.6 Å². The number of phenols is 2. The Morgan fingerprint density at radius 1 is 1.00 bits per heavy atom. The van der Waals surface area contributed by atoms with Crippen LogP contribution in [0.4, 0.5) is 4.39 Å². The molecular formula is C27H20Cl2FN5O2S. The molecule has 192 valence electrons. The van der Waals surface area contributed by atoms with Gasteiger partial charge in [-0.3, -0.25) is 4.99 Å². The zero-order chi connectivity index (χ0) is 26.6. The molecule has 38 heavy (non-hydrogen) atoms. The van der Waals surface area contributed by atoms with Crippen LogP contribution in [0.15, 0.2) is 88.5 Å². The number of hydrogen-bond donors (Lipinski definition) is 2. The van der Waals surface area contributed by atoms with Gasteiger partial charge in [0, 0.05) is 39.3 Å². The van der Waals surface area contributed by atoms with Gasteiger partial charge in [0.25, 0.3) is 0 Å². The number of phenolic OH excluding ortho intramolecular Hbond substituents is 2. The smallest absolute Gasteiger partial charge is 0.206 e. The van der Waals surface area contributed by atoms with E-state index in [4.69, 9.17) is 28.2 Å². The molecule has 2 heterocycles. The minimum absolute atomic E-state index is 0.211. The number of hydrogen-bond acceptors (Lipinski definition) is 6. The third kappa shape index (κ3) is 5.80. The van der Waals surface area contributed by atoms with Gasteiger partial charge in [-0.25, -0.2) is 13.7 Å². The van der Waals surface area contributed by atoms with E-state index in [1.165, 1.54) is 35.6 Å². The molecule has 0 spiro atoms. The molecular weight excluding hydrogens is 548 g/mol. The number of thiazole rings is 1. The minimum atomic E-state index is -0.320. The van der Waals surface area contributed by atoms with Crippen LogP contribution in [0.1, 0.15) is 11.1 Å². The molecule has 0 unspecified atom stereocenters. The van der Waals surface area contributed by atoms with Crippen LogP contribution in [0, 0.1) is 5.82 Å². The Morgan fingerprint density at radius 2 is 1.82 bits per heavy atom. The molecule has 0 aliphatic heterocycles. The highest BCUT2D eigenvalue weighted by atomic mass is 35.5. The first-order chi connectivity index (χ1) is 18.4. The fraction of sp³-hybridized carbons (Fsp3) is 0.0741. The second-order valence-corrected chi connectivity index (χ2v) is 9.91. The van der Waals surface area contributed by atoms with Crippen LogP contribution in [-0.4, -0.2) is 37.4 Å². The van der Waals surface area contributed by atoms with E-state index in [0.29, 0.717) is 50.3 Å². The average Bonchev–Trinajstić information content (AvgIpc) is 3.53. The average molecular weight is 568 g/mol. The quantitative estimate of drug-likeness (QED) is 0.179. The van der Waals surface area contributed by atoms with Crippen molar-refractivity contribution in [1.82, 2.24) is 14.5 Å². The van der Waals surface area contributed by atoms with Crippen LogP contribution in [-0.2, 0) is 6.42 Å². The van der Waals surface area contributed by atoms with Crippen molar-refractivity contribution in [2.45, 2.75) is 6.42 Å². The molecule has 5 aromatic rings. The van der Waals surface area contributed by atoms with Crippen molar-refractivity contribution in [2.75, 3.05) is 6.54 Å². The summed E-state index contributed by atoms with van der Waals surface area (Å²) in [4.78, 5) is 5.36. The van der Waals surface area contributed by atoms with Gasteiger partial charge in [0.1, 0.15) is 5.82 Å². The van der Waals surface area contributed by atoms with Crippen molar-refractivity contribution in [2.24, 2.45) is 10.1 Å². The van der Waals surface area contributed by atoms with E-state index in [1.54, 1.807) is 58.3 Å². The van der Waals surface area contributed by atoms with Crippen molar-refractivity contribution in [3.8, 4) is 28.4 Å². The maximum atomic E-state index is 13.3. The second-order valence-electron chi connectivity index (χ2n) is 8.23. The minimum Gasteiger partial charge on any atom is -0.504 e. The summed E-state index contributed by atoms with van der Waals surface area (Å²) in [5.41, 5.74) is 3.69. The molecule has 0 aliphatic carbocycles. The van der Waals surface area contributed by atoms with Crippen molar-refractivity contribution in [1.29, 1.82) is 0 Å². The highest BCUT2D eigenvalue weighted by Gasteiger charge is 2.11. The normalized spacial score (nSPS) is 12.0. The Kier molecular flexibility index (Phi) is 7.59. The predicted octanol–water partition coefficient (Wildman–Crippen LogP) is 6.29. The lowest BCUT2D eigenvalue weighted by Gasteiger charge is -2.05. The number of halogens is 3. The molecule has 0 aliphatic rings. The van der Waals surface area contributed by atoms with Gasteiger partial charge in [-0.15, -0.1) is 11.3 Å². The number of rotatable bonds is 7. The molecule has 0 saturated heterocycles. The maximum Gasteiger partial charge on any atom is 0.206 e. The Labute approximate surface area is 231 Å². The second kappa shape index (κ2) is 11.2. The molecule has 0 amide bonds. The van der Waals surface area contributed by atoms with Crippen LogP contribution in [0.2, 0.25) is 10.0 Å². The van der Waals surface area contributed by atoms with E-state index < -0.39 is 0 Å². The Morgan fingerprint density at radius 3 is 2.58 bits per heavy atom. The Bertz CT molecular complexity index is 1690. The summed E-state index contributed by atoms with van der Waals surface area (Å²) in [6, 6.07) is 16.0. The zero-order valence-corrected chi connectivity index (χ0v) is 22.0. The van der Waals surface area contributed by atoms with Crippen LogP contribution in [0.3, 0.4) is 0 Å². The number of nitrogens with zero attached hydrogens (tertiary/aromatic N) is 5. The molecule has 0 saturated carbocycles. The van der Waals surface area contributed by atoms with E-state index in [9.17, 15) is 14.6 Å². The zero-order valence-electron chi connectivity index (χ0n) is 19.7. The van der Waals surface area contributed by atoms with E-state index in [1.807, 2.05) is 11.4 Å². The summed E-state index contributed by atoms with van der Waals surface area (Å²) >= 11 is 13.7. The molecule has 2 aromatic heterocycles. The predicted molar refractivity (Wildman–Crippen MR) is 148 cm³/mol. The van der Waals surface area contributed by atoms with Gasteiger partial charge < -0.3 is 10.2 Å². The summed E-state index contributed by atoms with van der Waals surface area (Å²) in [6.45, 7) is 0.458. The lowest BCUT2D eigenvalue weighted by atomic mass is 10.1. The van der Waals surface area contributed by atoms with Crippen molar-refractivity contribution >= 4 is 40.8 Å². The fourth-order valence-electron chi connectivity index (χ4n) is 3.66. The van der Waals surface area contributed by atoms with Crippen LogP contribution >= 0.6 is 34.5 Å². The van der Waals surface area contributed by atoms with Gasteiger partial charge in [-0.1, -0.05) is 29.3 Å². The first-order valence-corrected chi connectivity index (χ1v) is 13.0. The summed E-state index contributed by atoms with van der Waals surface area (Å²) in [7, 11) is 0. The molecule has 0 fully saturated rings. The van der Waals surface area contributed by atoms with Gasteiger partial charge in [0.05, 0.1) is 23.8 Å². The van der Waals surface area contributed by atoms with Gasteiger partial charge >= 0.3 is 0 Å². The first kappa shape index (κ1) is 25.7. The lowest BCUT2D eigenvalue weighted by Crippen LogP contribution is -2.13. The lowest BCUT2D eigenvalue weighted by molar-refractivity contribution is 0.404. The summed E-state index contributed by atoms with van der Waals surface area (Å²) < 4.78 is 16.6. The van der Waals surface area contributed by atoms with E-state index in [2.05, 4.69) is 10.2 Å². The van der Waals surface area contributed by atoms with Crippen LogP contribution < -0.4 is 4.80 Å².